The zero-order chi connectivity index (χ0) is 15.1. The van der Waals surface area contributed by atoms with Gasteiger partial charge in [-0.2, -0.15) is 0 Å². The van der Waals surface area contributed by atoms with Crippen molar-refractivity contribution in [2.75, 3.05) is 20.2 Å². The van der Waals surface area contributed by atoms with E-state index in [4.69, 9.17) is 4.74 Å². The van der Waals surface area contributed by atoms with Crippen molar-refractivity contribution in [2.45, 2.75) is 39.7 Å². The number of hydrogen-bond donors (Lipinski definition) is 1. The first-order valence-electron chi connectivity index (χ1n) is 7.03. The predicted molar refractivity (Wildman–Crippen MR) is 80.0 cm³/mol. The maximum Gasteiger partial charge on any atom is 0.225 e. The Morgan fingerprint density at radius 2 is 1.95 bits per heavy atom. The molecule has 0 aromatic heterocycles. The molecule has 0 saturated carbocycles. The van der Waals surface area contributed by atoms with Crippen LogP contribution in [0.4, 0.5) is 0 Å². The molecular weight excluding hydrogens is 254 g/mol. The molecular formula is C16H25NO3. The van der Waals surface area contributed by atoms with Crippen molar-refractivity contribution >= 4 is 5.91 Å². The molecule has 0 saturated heterocycles. The van der Waals surface area contributed by atoms with Crippen molar-refractivity contribution in [3.05, 3.63) is 29.3 Å². The monoisotopic (exact) mass is 279 g/mol. The molecule has 0 bridgehead atoms. The number of carbonyl (C=O) groups is 1. The van der Waals surface area contributed by atoms with Crippen molar-refractivity contribution < 1.29 is 14.6 Å². The van der Waals surface area contributed by atoms with Gasteiger partial charge in [-0.05, 0) is 38.3 Å². The van der Waals surface area contributed by atoms with Crippen LogP contribution in [0.3, 0.4) is 0 Å². The third-order valence-corrected chi connectivity index (χ3v) is 3.28. The van der Waals surface area contributed by atoms with E-state index in [0.717, 1.165) is 16.9 Å². The van der Waals surface area contributed by atoms with E-state index in [1.807, 2.05) is 32.0 Å². The first-order valence-corrected chi connectivity index (χ1v) is 7.03. The van der Waals surface area contributed by atoms with Crippen LogP contribution in [-0.4, -0.2) is 42.2 Å². The van der Waals surface area contributed by atoms with E-state index in [1.165, 1.54) is 0 Å². The van der Waals surface area contributed by atoms with Gasteiger partial charge in [0, 0.05) is 13.6 Å². The Balaban J connectivity index is 2.38. The summed E-state index contributed by atoms with van der Waals surface area (Å²) in [6, 6.07) is 5.99. The Bertz CT molecular complexity index is 423. The highest BCUT2D eigenvalue weighted by Crippen LogP contribution is 2.22. The summed E-state index contributed by atoms with van der Waals surface area (Å²) in [6.45, 7) is 6.67. The van der Waals surface area contributed by atoms with Crippen LogP contribution in [0.1, 0.15) is 30.9 Å². The number of nitrogens with zero attached hydrogens (tertiary/aromatic N) is 1. The average molecular weight is 279 g/mol. The van der Waals surface area contributed by atoms with Crippen molar-refractivity contribution in [2.24, 2.45) is 0 Å². The highest BCUT2D eigenvalue weighted by molar-refractivity contribution is 5.75. The predicted octanol–water partition coefficient (Wildman–Crippen LogP) is 2.30. The van der Waals surface area contributed by atoms with Gasteiger partial charge in [-0.1, -0.05) is 18.2 Å². The molecule has 1 atom stereocenters. The Kier molecular flexibility index (Phi) is 6.52. The largest absolute Gasteiger partial charge is 0.493 e. The number of aliphatic hydroxyl groups excluding tert-OH is 1. The molecule has 112 valence electrons. The van der Waals surface area contributed by atoms with Crippen LogP contribution in [0.15, 0.2) is 18.2 Å². The minimum atomic E-state index is -0.379. The fraction of sp³-hybridized carbons (Fsp3) is 0.562. The van der Waals surface area contributed by atoms with E-state index in [9.17, 15) is 9.90 Å². The summed E-state index contributed by atoms with van der Waals surface area (Å²) in [6.07, 6.45) is 0.570. The zero-order valence-corrected chi connectivity index (χ0v) is 12.8. The lowest BCUT2D eigenvalue weighted by Crippen LogP contribution is -2.30. The normalized spacial score (nSPS) is 12.1. The van der Waals surface area contributed by atoms with E-state index in [2.05, 4.69) is 0 Å². The molecule has 1 aromatic rings. The third-order valence-electron chi connectivity index (χ3n) is 3.28. The quantitative estimate of drug-likeness (QED) is 0.833. The molecule has 4 nitrogen and oxygen atoms in total. The van der Waals surface area contributed by atoms with Gasteiger partial charge >= 0.3 is 0 Å². The van der Waals surface area contributed by atoms with Crippen LogP contribution in [-0.2, 0) is 4.79 Å². The standard InChI is InChI=1S/C16H25NO3/c1-12-6-5-7-13(2)16(12)20-11-9-15(19)17(4)10-8-14(3)18/h5-7,14,18H,8-11H2,1-4H3. The number of carbonyl (C=O) groups excluding carboxylic acids is 1. The smallest absolute Gasteiger partial charge is 0.225 e. The molecule has 0 spiro atoms. The van der Waals surface area contributed by atoms with Crippen LogP contribution in [0.2, 0.25) is 0 Å². The van der Waals surface area contributed by atoms with Crippen molar-refractivity contribution in [3.8, 4) is 5.75 Å². The number of benzene rings is 1. The average Bonchev–Trinajstić information content (AvgIpc) is 2.39. The minimum absolute atomic E-state index is 0.0388. The number of amides is 1. The molecule has 0 radical (unpaired) electrons. The number of rotatable bonds is 7. The Hall–Kier alpha value is -1.55. The minimum Gasteiger partial charge on any atom is -0.493 e. The summed E-state index contributed by atoms with van der Waals surface area (Å²) in [5.41, 5.74) is 2.17. The topological polar surface area (TPSA) is 49.8 Å². The summed E-state index contributed by atoms with van der Waals surface area (Å²) in [7, 11) is 1.75. The molecule has 1 unspecified atom stereocenters. The number of ether oxygens (including phenoxy) is 1. The van der Waals surface area contributed by atoms with E-state index < -0.39 is 0 Å². The van der Waals surface area contributed by atoms with Gasteiger partial charge in [0.05, 0.1) is 19.1 Å². The molecule has 20 heavy (non-hydrogen) atoms. The summed E-state index contributed by atoms with van der Waals surface area (Å²) >= 11 is 0. The van der Waals surface area contributed by atoms with Gasteiger partial charge in [0.1, 0.15) is 5.75 Å². The number of hydrogen-bond acceptors (Lipinski definition) is 3. The number of para-hydroxylation sites is 1. The molecule has 1 amide bonds. The van der Waals surface area contributed by atoms with Crippen LogP contribution in [0.25, 0.3) is 0 Å². The van der Waals surface area contributed by atoms with Gasteiger partial charge < -0.3 is 14.7 Å². The Morgan fingerprint density at radius 3 is 2.50 bits per heavy atom. The lowest BCUT2D eigenvalue weighted by molar-refractivity contribution is -0.130. The third kappa shape index (κ3) is 5.21. The highest BCUT2D eigenvalue weighted by atomic mass is 16.5. The van der Waals surface area contributed by atoms with Gasteiger partial charge in [-0.15, -0.1) is 0 Å². The van der Waals surface area contributed by atoms with Crippen LogP contribution in [0, 0.1) is 13.8 Å². The highest BCUT2D eigenvalue weighted by Gasteiger charge is 2.10. The fourth-order valence-corrected chi connectivity index (χ4v) is 1.96. The Labute approximate surface area is 121 Å². The number of aliphatic hydroxyl groups is 1. The second-order valence-electron chi connectivity index (χ2n) is 5.27. The second kappa shape index (κ2) is 7.90. The van der Waals surface area contributed by atoms with Crippen molar-refractivity contribution in [3.63, 3.8) is 0 Å². The maximum absolute atomic E-state index is 11.9. The van der Waals surface area contributed by atoms with Crippen LogP contribution >= 0.6 is 0 Å². The summed E-state index contributed by atoms with van der Waals surface area (Å²) in [5, 5.41) is 9.21. The molecule has 0 aliphatic rings. The van der Waals surface area contributed by atoms with Gasteiger partial charge in [0.15, 0.2) is 0 Å². The Morgan fingerprint density at radius 1 is 1.35 bits per heavy atom. The molecule has 1 rings (SSSR count). The first-order chi connectivity index (χ1) is 9.41. The molecule has 1 aromatic carbocycles. The summed E-state index contributed by atoms with van der Waals surface area (Å²) < 4.78 is 5.72. The molecule has 1 N–H and O–H groups in total. The van der Waals surface area contributed by atoms with Crippen molar-refractivity contribution in [1.29, 1.82) is 0 Å². The fourth-order valence-electron chi connectivity index (χ4n) is 1.96. The summed E-state index contributed by atoms with van der Waals surface area (Å²) in [5.74, 6) is 0.906. The molecule has 0 aliphatic heterocycles. The van der Waals surface area contributed by atoms with Gasteiger partial charge in [-0.3, -0.25) is 4.79 Å². The molecule has 4 heteroatoms. The molecule has 0 fully saturated rings. The SMILES string of the molecule is Cc1cccc(C)c1OCCC(=O)N(C)CCC(C)O. The lowest BCUT2D eigenvalue weighted by atomic mass is 10.1. The van der Waals surface area contributed by atoms with E-state index in [0.29, 0.717) is 26.0 Å². The van der Waals surface area contributed by atoms with Gasteiger partial charge in [0.2, 0.25) is 5.91 Å². The lowest BCUT2D eigenvalue weighted by Gasteiger charge is -2.18. The zero-order valence-electron chi connectivity index (χ0n) is 12.8. The molecule has 0 heterocycles. The van der Waals surface area contributed by atoms with E-state index in [1.54, 1.807) is 18.9 Å². The van der Waals surface area contributed by atoms with Gasteiger partial charge in [0.25, 0.3) is 0 Å². The van der Waals surface area contributed by atoms with E-state index >= 15 is 0 Å². The summed E-state index contributed by atoms with van der Waals surface area (Å²) in [4.78, 5) is 13.5. The first kappa shape index (κ1) is 16.5. The van der Waals surface area contributed by atoms with E-state index in [-0.39, 0.29) is 12.0 Å². The molecule has 0 aliphatic carbocycles. The maximum atomic E-state index is 11.9. The van der Waals surface area contributed by atoms with Crippen molar-refractivity contribution in [1.82, 2.24) is 4.90 Å². The van der Waals surface area contributed by atoms with Gasteiger partial charge in [-0.25, -0.2) is 0 Å². The second-order valence-corrected chi connectivity index (χ2v) is 5.27. The van der Waals surface area contributed by atoms with Crippen LogP contribution < -0.4 is 4.74 Å². The van der Waals surface area contributed by atoms with Crippen LogP contribution in [0.5, 0.6) is 5.75 Å². The number of aryl methyl sites for hydroxylation is 2.